The molecule has 1 atom stereocenters. The van der Waals surface area contributed by atoms with E-state index in [0.29, 0.717) is 25.9 Å². The second kappa shape index (κ2) is 8.70. The van der Waals surface area contributed by atoms with Crippen LogP contribution in [-0.4, -0.2) is 62.7 Å². The highest BCUT2D eigenvalue weighted by atomic mass is 16.3. The number of carbonyl (C=O) groups excluding carboxylic acids is 2. The largest absolute Gasteiger partial charge is 0.392 e. The zero-order valence-electron chi connectivity index (χ0n) is 18.8. The number of urea groups is 1. The molecule has 0 aromatic rings. The van der Waals surface area contributed by atoms with Gasteiger partial charge >= 0.3 is 6.03 Å². The summed E-state index contributed by atoms with van der Waals surface area (Å²) in [6.45, 7) is 13.5. The van der Waals surface area contributed by atoms with E-state index in [1.165, 1.54) is 24.2 Å². The number of hydrogen-bond acceptors (Lipinski definition) is 4. The number of amides is 3. The third-order valence-electron chi connectivity index (χ3n) is 6.36. The van der Waals surface area contributed by atoms with E-state index in [2.05, 4.69) is 44.8 Å². The molecule has 6 nitrogen and oxygen atoms in total. The molecule has 1 spiro atoms. The first-order chi connectivity index (χ1) is 12.9. The molecule has 28 heavy (non-hydrogen) atoms. The molecule has 2 fully saturated rings. The lowest BCUT2D eigenvalue weighted by atomic mass is 9.68. The maximum Gasteiger partial charge on any atom is 0.325 e. The van der Waals surface area contributed by atoms with E-state index in [4.69, 9.17) is 0 Å². The number of unbranched alkanes of at least 4 members (excludes halogenated alkanes) is 5. The molecule has 2 rings (SSSR count). The van der Waals surface area contributed by atoms with Gasteiger partial charge in [-0.1, -0.05) is 39.0 Å². The van der Waals surface area contributed by atoms with E-state index in [1.54, 1.807) is 6.92 Å². The van der Waals surface area contributed by atoms with Crippen LogP contribution in [0.3, 0.4) is 0 Å². The molecule has 2 saturated heterocycles. The average Bonchev–Trinajstić information content (AvgIpc) is 2.76. The van der Waals surface area contributed by atoms with Crippen molar-refractivity contribution in [3.63, 3.8) is 0 Å². The minimum atomic E-state index is -0.832. The number of likely N-dealkylation sites (tertiary alicyclic amines) is 1. The average molecular weight is 396 g/mol. The third kappa shape index (κ3) is 4.88. The topological polar surface area (TPSA) is 72.9 Å². The first-order valence-electron chi connectivity index (χ1n) is 11.1. The van der Waals surface area contributed by atoms with Crippen molar-refractivity contribution in [2.75, 3.05) is 13.1 Å². The van der Waals surface area contributed by atoms with Crippen LogP contribution in [0.25, 0.3) is 0 Å². The van der Waals surface area contributed by atoms with Crippen LogP contribution in [0, 0.1) is 0 Å². The Labute approximate surface area is 171 Å². The molecule has 0 bridgehead atoms. The van der Waals surface area contributed by atoms with Gasteiger partial charge in [-0.2, -0.15) is 0 Å². The number of nitrogens with zero attached hydrogens (tertiary/aromatic N) is 2. The molecule has 0 aromatic carbocycles. The lowest BCUT2D eigenvalue weighted by Gasteiger charge is -2.58. The summed E-state index contributed by atoms with van der Waals surface area (Å²) in [6.07, 6.45) is 7.47. The number of imide groups is 1. The van der Waals surface area contributed by atoms with E-state index in [9.17, 15) is 14.7 Å². The molecule has 2 aliphatic heterocycles. The summed E-state index contributed by atoms with van der Waals surface area (Å²) in [5, 5.41) is 13.0. The SMILES string of the molecule is CCCCCCCCN1C(=O)NC2(CC(C)(C)N(CC(C)O)C(C)(C)C2)C1=O. The molecule has 2 N–H and O–H groups in total. The van der Waals surface area contributed by atoms with Crippen molar-refractivity contribution in [1.82, 2.24) is 15.1 Å². The molecule has 2 heterocycles. The monoisotopic (exact) mass is 395 g/mol. The molecular weight excluding hydrogens is 354 g/mol. The molecule has 0 radical (unpaired) electrons. The Morgan fingerprint density at radius 2 is 1.54 bits per heavy atom. The van der Waals surface area contributed by atoms with Gasteiger partial charge in [0.25, 0.3) is 5.91 Å². The molecule has 0 aliphatic carbocycles. The predicted octanol–water partition coefficient (Wildman–Crippen LogP) is 3.67. The summed E-state index contributed by atoms with van der Waals surface area (Å²) in [4.78, 5) is 29.7. The van der Waals surface area contributed by atoms with Crippen molar-refractivity contribution in [3.05, 3.63) is 0 Å². The van der Waals surface area contributed by atoms with Crippen LogP contribution < -0.4 is 5.32 Å². The van der Waals surface area contributed by atoms with Gasteiger partial charge in [0.15, 0.2) is 0 Å². The molecular formula is C22H41N3O3. The van der Waals surface area contributed by atoms with Crippen molar-refractivity contribution in [3.8, 4) is 0 Å². The van der Waals surface area contributed by atoms with Crippen LogP contribution in [0.1, 0.15) is 92.9 Å². The van der Waals surface area contributed by atoms with E-state index < -0.39 is 11.6 Å². The summed E-state index contributed by atoms with van der Waals surface area (Å²) in [5.41, 5.74) is -1.45. The van der Waals surface area contributed by atoms with Crippen molar-refractivity contribution in [2.45, 2.75) is 116 Å². The van der Waals surface area contributed by atoms with Crippen molar-refractivity contribution >= 4 is 11.9 Å². The first-order valence-corrected chi connectivity index (χ1v) is 11.1. The van der Waals surface area contributed by atoms with E-state index in [0.717, 1.165) is 19.3 Å². The normalized spacial score (nSPS) is 24.6. The second-order valence-electron chi connectivity index (χ2n) is 10.2. The second-order valence-corrected chi connectivity index (χ2v) is 10.2. The fourth-order valence-electron chi connectivity index (χ4n) is 5.48. The van der Waals surface area contributed by atoms with Crippen LogP contribution in [-0.2, 0) is 4.79 Å². The number of aliphatic hydroxyl groups is 1. The van der Waals surface area contributed by atoms with E-state index >= 15 is 0 Å². The van der Waals surface area contributed by atoms with Gasteiger partial charge in [-0.3, -0.25) is 14.6 Å². The van der Waals surface area contributed by atoms with Gasteiger partial charge in [0.05, 0.1) is 6.10 Å². The number of hydrogen-bond donors (Lipinski definition) is 2. The van der Waals surface area contributed by atoms with Gasteiger partial charge in [-0.25, -0.2) is 4.79 Å². The highest BCUT2D eigenvalue weighted by Crippen LogP contribution is 2.46. The number of rotatable bonds is 9. The summed E-state index contributed by atoms with van der Waals surface area (Å²) in [7, 11) is 0. The van der Waals surface area contributed by atoms with Crippen LogP contribution in [0.2, 0.25) is 0 Å². The fraction of sp³-hybridized carbons (Fsp3) is 0.909. The minimum absolute atomic E-state index is 0.0658. The number of nitrogens with one attached hydrogen (secondary N) is 1. The lowest BCUT2D eigenvalue weighted by molar-refractivity contribution is -0.142. The molecule has 0 aromatic heterocycles. The van der Waals surface area contributed by atoms with E-state index in [-0.39, 0.29) is 23.0 Å². The molecule has 0 saturated carbocycles. The Hall–Kier alpha value is -1.14. The fourth-order valence-corrected chi connectivity index (χ4v) is 5.48. The molecule has 162 valence electrons. The predicted molar refractivity (Wildman–Crippen MR) is 112 cm³/mol. The minimum Gasteiger partial charge on any atom is -0.392 e. The van der Waals surface area contributed by atoms with Gasteiger partial charge in [0.1, 0.15) is 5.54 Å². The van der Waals surface area contributed by atoms with Crippen molar-refractivity contribution in [1.29, 1.82) is 0 Å². The third-order valence-corrected chi connectivity index (χ3v) is 6.36. The summed E-state index contributed by atoms with van der Waals surface area (Å²) in [5.74, 6) is -0.0658. The Bertz CT molecular complexity index is 553. The molecule has 3 amide bonds. The van der Waals surface area contributed by atoms with Crippen molar-refractivity contribution < 1.29 is 14.7 Å². The highest BCUT2D eigenvalue weighted by molar-refractivity contribution is 6.07. The molecule has 1 unspecified atom stereocenters. The maximum absolute atomic E-state index is 13.3. The number of carbonyl (C=O) groups is 2. The number of piperidine rings is 1. The number of β-amino-alcohol motifs (C(OH)–C–C–N with tert-alkyl or cyclic N) is 1. The summed E-state index contributed by atoms with van der Waals surface area (Å²) >= 11 is 0. The zero-order valence-corrected chi connectivity index (χ0v) is 18.8. The summed E-state index contributed by atoms with van der Waals surface area (Å²) < 4.78 is 0. The van der Waals surface area contributed by atoms with Gasteiger partial charge < -0.3 is 10.4 Å². The van der Waals surface area contributed by atoms with Crippen molar-refractivity contribution in [2.24, 2.45) is 0 Å². The summed E-state index contributed by atoms with van der Waals surface area (Å²) in [6, 6.07) is -0.242. The smallest absolute Gasteiger partial charge is 0.325 e. The van der Waals surface area contributed by atoms with Gasteiger partial charge in [0.2, 0.25) is 0 Å². The molecule has 2 aliphatic rings. The molecule has 6 heteroatoms. The highest BCUT2D eigenvalue weighted by Gasteiger charge is 2.60. The van der Waals surface area contributed by atoms with Crippen LogP contribution in [0.5, 0.6) is 0 Å². The Kier molecular flexibility index (Phi) is 7.19. The lowest BCUT2D eigenvalue weighted by Crippen LogP contribution is -2.70. The van der Waals surface area contributed by atoms with Crippen LogP contribution >= 0.6 is 0 Å². The van der Waals surface area contributed by atoms with E-state index in [1.807, 2.05) is 0 Å². The van der Waals surface area contributed by atoms with Crippen LogP contribution in [0.4, 0.5) is 4.79 Å². The Morgan fingerprint density at radius 3 is 2.07 bits per heavy atom. The van der Waals surface area contributed by atoms with Gasteiger partial charge in [0, 0.05) is 24.2 Å². The zero-order chi connectivity index (χ0) is 21.2. The Balaban J connectivity index is 2.08. The quantitative estimate of drug-likeness (QED) is 0.461. The standard InChI is InChI=1S/C22H41N3O3/c1-7-8-9-10-11-12-13-24-18(27)22(23-19(24)28)15-20(3,4)25(14-17(2)26)21(5,6)16-22/h17,26H,7-16H2,1-6H3,(H,23,28). The number of aliphatic hydroxyl groups excluding tert-OH is 1. The maximum atomic E-state index is 13.3. The van der Waals surface area contributed by atoms with Gasteiger partial charge in [-0.05, 0) is 53.9 Å². The van der Waals surface area contributed by atoms with Gasteiger partial charge in [-0.15, -0.1) is 0 Å². The Morgan fingerprint density at radius 1 is 1.00 bits per heavy atom. The first kappa shape index (κ1) is 23.1. The van der Waals surface area contributed by atoms with Crippen LogP contribution in [0.15, 0.2) is 0 Å².